The number of ether oxygens (including phenoxy) is 1. The van der Waals surface area contributed by atoms with Gasteiger partial charge in [-0.1, -0.05) is 23.7 Å². The molecule has 0 radical (unpaired) electrons. The molecule has 40 heavy (non-hydrogen) atoms. The summed E-state index contributed by atoms with van der Waals surface area (Å²) in [6.07, 6.45) is 1.20. The van der Waals surface area contributed by atoms with Crippen molar-refractivity contribution in [3.63, 3.8) is 0 Å². The zero-order chi connectivity index (χ0) is 28.6. The van der Waals surface area contributed by atoms with E-state index >= 15 is 0 Å². The van der Waals surface area contributed by atoms with Gasteiger partial charge in [-0.2, -0.15) is 0 Å². The molecule has 5 rings (SSSR count). The Morgan fingerprint density at radius 1 is 1.10 bits per heavy atom. The van der Waals surface area contributed by atoms with Gasteiger partial charge in [0.05, 0.1) is 46.7 Å². The molecule has 0 saturated carbocycles. The van der Waals surface area contributed by atoms with E-state index in [0.29, 0.717) is 52.9 Å². The summed E-state index contributed by atoms with van der Waals surface area (Å²) in [5, 5.41) is 12.3. The number of nitrogens with zero attached hydrogens (tertiary/aromatic N) is 4. The molecule has 1 aromatic heterocycles. The number of sulfonamides is 1. The number of likely N-dealkylation sites (N-methyl/N-ethyl adjacent to an activating group) is 2. The lowest BCUT2D eigenvalue weighted by atomic mass is 9.99. The van der Waals surface area contributed by atoms with E-state index in [1.807, 2.05) is 50.3 Å². The molecule has 0 spiro atoms. The van der Waals surface area contributed by atoms with Crippen molar-refractivity contribution in [2.45, 2.75) is 0 Å². The summed E-state index contributed by atoms with van der Waals surface area (Å²) >= 11 is 6.21. The van der Waals surface area contributed by atoms with Crippen LogP contribution in [-0.2, 0) is 10.0 Å². The van der Waals surface area contributed by atoms with Crippen LogP contribution in [0.4, 0.5) is 17.1 Å². The Hall–Kier alpha value is -3.73. The van der Waals surface area contributed by atoms with Crippen molar-refractivity contribution in [1.82, 2.24) is 9.88 Å². The molecule has 1 aliphatic rings. The van der Waals surface area contributed by atoms with Crippen LogP contribution in [0.5, 0.6) is 11.6 Å². The summed E-state index contributed by atoms with van der Waals surface area (Å²) < 4.78 is 32.3. The maximum atomic E-state index is 12.5. The van der Waals surface area contributed by atoms with Crippen LogP contribution in [0.2, 0.25) is 5.02 Å². The van der Waals surface area contributed by atoms with Crippen LogP contribution in [0.25, 0.3) is 10.9 Å². The van der Waals surface area contributed by atoms with Gasteiger partial charge in [-0.25, -0.2) is 13.4 Å². The van der Waals surface area contributed by atoms with Crippen LogP contribution in [0, 0.1) is 0 Å². The predicted molar refractivity (Wildman–Crippen MR) is 163 cm³/mol. The molecule has 0 atom stereocenters. The first kappa shape index (κ1) is 27.8. The van der Waals surface area contributed by atoms with Crippen LogP contribution in [0.1, 0.15) is 11.1 Å². The quantitative estimate of drug-likeness (QED) is 0.288. The van der Waals surface area contributed by atoms with E-state index in [-0.39, 0.29) is 5.88 Å². The van der Waals surface area contributed by atoms with Gasteiger partial charge in [0.25, 0.3) is 0 Å². The standard InChI is InChI=1S/C29H32ClN5O4S/c1-33(2)13-14-35(40(4,37)38)22-9-7-21(8-10-22)31-28(19-5-12-25-26(17-19)39-16-15-34(25)3)27-23-11-6-20(30)18-24(23)32-29(27)36/h5-12,17-18,32,36H,13-16H2,1-4H3. The topological polar surface area (TPSA) is 101 Å². The van der Waals surface area contributed by atoms with Gasteiger partial charge in [0.15, 0.2) is 5.88 Å². The minimum Gasteiger partial charge on any atom is -0.494 e. The Morgan fingerprint density at radius 3 is 2.55 bits per heavy atom. The van der Waals surface area contributed by atoms with Gasteiger partial charge in [0, 0.05) is 36.1 Å². The molecule has 11 heteroatoms. The molecule has 0 aliphatic carbocycles. The van der Waals surface area contributed by atoms with Crippen molar-refractivity contribution in [1.29, 1.82) is 0 Å². The number of hydrogen-bond donors (Lipinski definition) is 2. The Bertz CT molecular complexity index is 1680. The normalized spacial score (nSPS) is 13.9. The fourth-order valence-electron chi connectivity index (χ4n) is 4.77. The van der Waals surface area contributed by atoms with Crippen molar-refractivity contribution in [3.8, 4) is 11.6 Å². The van der Waals surface area contributed by atoms with Crippen molar-refractivity contribution < 1.29 is 18.3 Å². The fraction of sp³-hybridized carbons (Fsp3) is 0.276. The minimum absolute atomic E-state index is 0.0321. The number of anilines is 2. The maximum absolute atomic E-state index is 12.5. The molecule has 0 fully saturated rings. The third-order valence-corrected chi connectivity index (χ3v) is 8.26. The number of hydrogen-bond acceptors (Lipinski definition) is 7. The Kier molecular flexibility index (Phi) is 7.67. The number of benzene rings is 3. The molecule has 0 amide bonds. The zero-order valence-electron chi connectivity index (χ0n) is 22.8. The second kappa shape index (κ2) is 11.0. The second-order valence-corrected chi connectivity index (χ2v) is 12.4. The third kappa shape index (κ3) is 5.74. The third-order valence-electron chi connectivity index (χ3n) is 6.84. The first-order valence-electron chi connectivity index (χ1n) is 12.8. The van der Waals surface area contributed by atoms with E-state index in [1.54, 1.807) is 36.4 Å². The summed E-state index contributed by atoms with van der Waals surface area (Å²) in [5.74, 6) is 0.705. The summed E-state index contributed by atoms with van der Waals surface area (Å²) in [5.41, 5.74) is 4.63. The molecule has 210 valence electrons. The van der Waals surface area contributed by atoms with Crippen molar-refractivity contribution >= 4 is 55.3 Å². The molecule has 0 unspecified atom stereocenters. The Labute approximate surface area is 239 Å². The smallest absolute Gasteiger partial charge is 0.232 e. The Morgan fingerprint density at radius 2 is 1.85 bits per heavy atom. The molecule has 3 aromatic carbocycles. The molecule has 0 saturated heterocycles. The SMILES string of the molecule is CN(C)CCN(c1ccc(N=C(c2ccc3c(c2)OCCN3C)c2c(O)[nH]c3cc(Cl)ccc23)cc1)S(C)(=O)=O. The van der Waals surface area contributed by atoms with Gasteiger partial charge in [-0.15, -0.1) is 0 Å². The van der Waals surface area contributed by atoms with E-state index in [4.69, 9.17) is 21.3 Å². The van der Waals surface area contributed by atoms with E-state index < -0.39 is 10.0 Å². The maximum Gasteiger partial charge on any atom is 0.232 e. The van der Waals surface area contributed by atoms with E-state index in [0.717, 1.165) is 28.9 Å². The number of aromatic hydroxyl groups is 1. The highest BCUT2D eigenvalue weighted by Crippen LogP contribution is 2.37. The predicted octanol–water partition coefficient (Wildman–Crippen LogP) is 4.85. The van der Waals surface area contributed by atoms with E-state index in [2.05, 4.69) is 9.88 Å². The van der Waals surface area contributed by atoms with Crippen LogP contribution >= 0.6 is 11.6 Å². The average Bonchev–Trinajstić information content (AvgIpc) is 3.21. The average molecular weight is 582 g/mol. The molecule has 9 nitrogen and oxygen atoms in total. The van der Waals surface area contributed by atoms with Gasteiger partial charge in [-0.3, -0.25) is 4.31 Å². The number of H-pyrrole nitrogens is 1. The van der Waals surface area contributed by atoms with Crippen molar-refractivity contribution in [2.75, 3.05) is 62.8 Å². The van der Waals surface area contributed by atoms with Gasteiger partial charge in [0.2, 0.25) is 10.0 Å². The highest BCUT2D eigenvalue weighted by molar-refractivity contribution is 7.92. The fourth-order valence-corrected chi connectivity index (χ4v) is 5.86. The summed E-state index contributed by atoms with van der Waals surface area (Å²) in [4.78, 5) is 12.0. The van der Waals surface area contributed by atoms with Gasteiger partial charge in [0.1, 0.15) is 12.4 Å². The Balaban J connectivity index is 1.62. The number of fused-ring (bicyclic) bond motifs is 2. The number of rotatable bonds is 8. The molecular formula is C29H32ClN5O4S. The molecule has 2 N–H and O–H groups in total. The van der Waals surface area contributed by atoms with Crippen LogP contribution < -0.4 is 13.9 Å². The van der Waals surface area contributed by atoms with Gasteiger partial charge >= 0.3 is 0 Å². The summed E-state index contributed by atoms with van der Waals surface area (Å²) in [6, 6.07) is 18.3. The zero-order valence-corrected chi connectivity index (χ0v) is 24.4. The molecule has 0 bridgehead atoms. The van der Waals surface area contributed by atoms with Crippen LogP contribution in [0.3, 0.4) is 0 Å². The summed E-state index contributed by atoms with van der Waals surface area (Å²) in [7, 11) is 2.35. The number of aromatic amines is 1. The van der Waals surface area contributed by atoms with Gasteiger partial charge < -0.3 is 24.6 Å². The molecule has 4 aromatic rings. The van der Waals surface area contributed by atoms with Crippen LogP contribution in [-0.4, -0.2) is 82.8 Å². The monoisotopic (exact) mass is 581 g/mol. The molecular weight excluding hydrogens is 550 g/mol. The first-order chi connectivity index (χ1) is 19.0. The first-order valence-corrected chi connectivity index (χ1v) is 15.0. The number of halogens is 1. The lowest BCUT2D eigenvalue weighted by Gasteiger charge is -2.28. The number of aliphatic imine (C=N–C) groups is 1. The highest BCUT2D eigenvalue weighted by Gasteiger charge is 2.23. The minimum atomic E-state index is -3.47. The van der Waals surface area contributed by atoms with Crippen molar-refractivity contribution in [3.05, 3.63) is 76.8 Å². The van der Waals surface area contributed by atoms with E-state index in [9.17, 15) is 13.5 Å². The van der Waals surface area contributed by atoms with Crippen molar-refractivity contribution in [2.24, 2.45) is 4.99 Å². The molecule has 1 aliphatic heterocycles. The van der Waals surface area contributed by atoms with Gasteiger partial charge in [-0.05, 0) is 62.6 Å². The lowest BCUT2D eigenvalue weighted by molar-refractivity contribution is 0.311. The largest absolute Gasteiger partial charge is 0.494 e. The number of aromatic nitrogens is 1. The lowest BCUT2D eigenvalue weighted by Crippen LogP contribution is -2.35. The molecule has 2 heterocycles. The van der Waals surface area contributed by atoms with E-state index in [1.165, 1.54) is 10.6 Å². The summed E-state index contributed by atoms with van der Waals surface area (Å²) in [6.45, 7) is 2.27. The number of nitrogens with one attached hydrogen (secondary N) is 1. The van der Waals surface area contributed by atoms with Crippen LogP contribution in [0.15, 0.2) is 65.7 Å². The second-order valence-electron chi connectivity index (χ2n) is 10.1. The highest BCUT2D eigenvalue weighted by atomic mass is 35.5.